The third-order valence-corrected chi connectivity index (χ3v) is 0.617. The largest absolute Gasteiger partial charge is 0.267 e. The van der Waals surface area contributed by atoms with Gasteiger partial charge in [-0.1, -0.05) is 0 Å². The van der Waals surface area contributed by atoms with Crippen molar-refractivity contribution in [2.75, 3.05) is 0 Å². The van der Waals surface area contributed by atoms with Gasteiger partial charge in [0.2, 0.25) is 5.11 Å². The average Bonchev–Trinajstić information content (AvgIpc) is 1.68. The summed E-state index contributed by atoms with van der Waals surface area (Å²) in [5.74, 6) is 0. The van der Waals surface area contributed by atoms with Gasteiger partial charge in [0.25, 0.3) is 0 Å². The summed E-state index contributed by atoms with van der Waals surface area (Å²) >= 11 is 4.52. The van der Waals surface area contributed by atoms with E-state index in [1.807, 2.05) is 0 Å². The van der Waals surface area contributed by atoms with E-state index in [9.17, 15) is 0 Å². The Balaban J connectivity index is 3.53. The Labute approximate surface area is 53.0 Å². The van der Waals surface area contributed by atoms with Gasteiger partial charge in [-0.25, -0.2) is 4.99 Å². The lowest BCUT2D eigenvalue weighted by molar-refractivity contribution is 1.27. The molecule has 0 fully saturated rings. The van der Waals surface area contributed by atoms with E-state index in [2.05, 4.69) is 22.5 Å². The molecule has 0 aromatic carbocycles. The summed E-state index contributed by atoms with van der Waals surface area (Å²) in [6, 6.07) is 0. The minimum atomic E-state index is 0.204. The summed E-state index contributed by atoms with van der Waals surface area (Å²) in [4.78, 5) is 3.59. The van der Waals surface area contributed by atoms with Crippen LogP contribution in [0.2, 0.25) is 0 Å². The van der Waals surface area contributed by atoms with Crippen molar-refractivity contribution < 1.29 is 0 Å². The molecule has 0 saturated heterocycles. The standard InChI is InChI=1S/C4H5N3S/c1-2-6-4(8)7-3-5/h2H,1H3,(H,7,8). The highest BCUT2D eigenvalue weighted by molar-refractivity contribution is 7.80. The minimum Gasteiger partial charge on any atom is -0.267 e. The number of hydrogen-bond acceptors (Lipinski definition) is 2. The van der Waals surface area contributed by atoms with Gasteiger partial charge in [0.15, 0.2) is 6.19 Å². The van der Waals surface area contributed by atoms with Crippen molar-refractivity contribution in [2.24, 2.45) is 4.99 Å². The number of hydrogen-bond donors (Lipinski definition) is 1. The Morgan fingerprint density at radius 3 is 3.00 bits per heavy atom. The van der Waals surface area contributed by atoms with E-state index < -0.39 is 0 Å². The van der Waals surface area contributed by atoms with Gasteiger partial charge in [-0.15, -0.1) is 0 Å². The SMILES string of the molecule is CC=NC(=S)NC#N. The summed E-state index contributed by atoms with van der Waals surface area (Å²) in [5.41, 5.74) is 0. The van der Waals surface area contributed by atoms with Crippen molar-refractivity contribution in [1.82, 2.24) is 5.32 Å². The Morgan fingerprint density at radius 1 is 2.00 bits per heavy atom. The Morgan fingerprint density at radius 2 is 2.62 bits per heavy atom. The van der Waals surface area contributed by atoms with Crippen molar-refractivity contribution in [3.05, 3.63) is 0 Å². The Kier molecular flexibility index (Phi) is 3.71. The first-order valence-corrected chi connectivity index (χ1v) is 2.40. The van der Waals surface area contributed by atoms with E-state index in [4.69, 9.17) is 5.26 Å². The zero-order valence-corrected chi connectivity index (χ0v) is 5.20. The molecule has 0 bridgehead atoms. The van der Waals surface area contributed by atoms with Gasteiger partial charge in [0.1, 0.15) is 0 Å². The molecule has 0 amide bonds. The molecule has 0 rings (SSSR count). The summed E-state index contributed by atoms with van der Waals surface area (Å²) in [5, 5.41) is 10.3. The molecule has 0 aliphatic heterocycles. The van der Waals surface area contributed by atoms with Crippen LogP contribution in [0.5, 0.6) is 0 Å². The van der Waals surface area contributed by atoms with E-state index in [-0.39, 0.29) is 5.11 Å². The van der Waals surface area contributed by atoms with Gasteiger partial charge in [-0.2, -0.15) is 5.26 Å². The van der Waals surface area contributed by atoms with Gasteiger partial charge in [-0.3, -0.25) is 5.32 Å². The van der Waals surface area contributed by atoms with Crippen LogP contribution >= 0.6 is 12.2 Å². The monoisotopic (exact) mass is 127 g/mol. The van der Waals surface area contributed by atoms with Crippen LogP contribution < -0.4 is 5.32 Å². The first kappa shape index (κ1) is 7.05. The van der Waals surface area contributed by atoms with Crippen molar-refractivity contribution >= 4 is 23.5 Å². The molecule has 8 heavy (non-hydrogen) atoms. The minimum absolute atomic E-state index is 0.204. The number of nitrogens with one attached hydrogen (secondary N) is 1. The first-order valence-electron chi connectivity index (χ1n) is 1.99. The number of thiocarbonyl (C=S) groups is 1. The van der Waals surface area contributed by atoms with E-state index in [0.29, 0.717) is 0 Å². The number of nitrogens with zero attached hydrogens (tertiary/aromatic N) is 2. The zero-order chi connectivity index (χ0) is 6.41. The van der Waals surface area contributed by atoms with Crippen LogP contribution in [0.15, 0.2) is 4.99 Å². The summed E-state index contributed by atoms with van der Waals surface area (Å²) in [7, 11) is 0. The summed E-state index contributed by atoms with van der Waals surface area (Å²) in [6.45, 7) is 1.73. The topological polar surface area (TPSA) is 48.2 Å². The molecule has 0 aromatic heterocycles. The molecule has 4 heteroatoms. The fraction of sp³-hybridized carbons (Fsp3) is 0.250. The van der Waals surface area contributed by atoms with Crippen molar-refractivity contribution in [3.8, 4) is 6.19 Å². The molecule has 0 aliphatic carbocycles. The van der Waals surface area contributed by atoms with Crippen LogP contribution in [0.4, 0.5) is 0 Å². The maximum atomic E-state index is 7.94. The molecule has 0 aliphatic rings. The highest BCUT2D eigenvalue weighted by Crippen LogP contribution is 1.69. The lowest BCUT2D eigenvalue weighted by Gasteiger charge is -1.85. The maximum absolute atomic E-state index is 7.94. The van der Waals surface area contributed by atoms with Crippen LogP contribution in [0.3, 0.4) is 0 Å². The number of nitriles is 1. The molecule has 0 atom stereocenters. The van der Waals surface area contributed by atoms with E-state index in [1.165, 1.54) is 6.21 Å². The molecule has 0 spiro atoms. The summed E-state index contributed by atoms with van der Waals surface area (Å²) in [6.07, 6.45) is 3.17. The second-order valence-corrected chi connectivity index (χ2v) is 1.32. The van der Waals surface area contributed by atoms with Gasteiger partial charge >= 0.3 is 0 Å². The van der Waals surface area contributed by atoms with Crippen molar-refractivity contribution in [2.45, 2.75) is 6.92 Å². The van der Waals surface area contributed by atoms with Gasteiger partial charge in [-0.05, 0) is 19.1 Å². The Hall–Kier alpha value is -0.950. The fourth-order valence-electron chi connectivity index (χ4n) is 0.197. The maximum Gasteiger partial charge on any atom is 0.205 e. The molecule has 0 radical (unpaired) electrons. The molecule has 0 saturated carbocycles. The third kappa shape index (κ3) is 3.25. The van der Waals surface area contributed by atoms with Crippen LogP contribution in [0, 0.1) is 11.5 Å². The molecule has 0 heterocycles. The molecule has 0 aromatic rings. The third-order valence-electron chi connectivity index (χ3n) is 0.409. The van der Waals surface area contributed by atoms with E-state index in [0.717, 1.165) is 0 Å². The van der Waals surface area contributed by atoms with E-state index in [1.54, 1.807) is 13.1 Å². The van der Waals surface area contributed by atoms with Gasteiger partial charge in [0, 0.05) is 6.21 Å². The summed E-state index contributed by atoms with van der Waals surface area (Å²) < 4.78 is 0. The van der Waals surface area contributed by atoms with Crippen molar-refractivity contribution in [3.63, 3.8) is 0 Å². The highest BCUT2D eigenvalue weighted by Gasteiger charge is 1.81. The van der Waals surface area contributed by atoms with Gasteiger partial charge in [0.05, 0.1) is 0 Å². The normalized spacial score (nSPS) is 8.50. The second-order valence-electron chi connectivity index (χ2n) is 0.929. The van der Waals surface area contributed by atoms with Crippen LogP contribution in [-0.2, 0) is 0 Å². The molecule has 0 unspecified atom stereocenters. The smallest absolute Gasteiger partial charge is 0.205 e. The Bertz CT molecular complexity index is 144. The molecular formula is C4H5N3S. The predicted molar refractivity (Wildman–Crippen MR) is 35.5 cm³/mol. The molecular weight excluding hydrogens is 122 g/mol. The lowest BCUT2D eigenvalue weighted by atomic mass is 10.9. The highest BCUT2D eigenvalue weighted by atomic mass is 32.1. The van der Waals surface area contributed by atoms with E-state index >= 15 is 0 Å². The molecule has 42 valence electrons. The predicted octanol–water partition coefficient (Wildman–Crippen LogP) is 0.433. The lowest BCUT2D eigenvalue weighted by Crippen LogP contribution is -2.11. The fourth-order valence-corrected chi connectivity index (χ4v) is 0.348. The molecule has 3 nitrogen and oxygen atoms in total. The van der Waals surface area contributed by atoms with Crippen LogP contribution in [0.25, 0.3) is 0 Å². The average molecular weight is 127 g/mol. The van der Waals surface area contributed by atoms with Crippen molar-refractivity contribution in [1.29, 1.82) is 5.26 Å². The quantitative estimate of drug-likeness (QED) is 0.222. The first-order chi connectivity index (χ1) is 3.81. The second kappa shape index (κ2) is 4.22. The number of aliphatic imine (C=N–C) groups is 1. The number of rotatable bonds is 0. The zero-order valence-electron chi connectivity index (χ0n) is 4.38. The van der Waals surface area contributed by atoms with Crippen LogP contribution in [-0.4, -0.2) is 11.3 Å². The van der Waals surface area contributed by atoms with Gasteiger partial charge < -0.3 is 0 Å². The van der Waals surface area contributed by atoms with Crippen LogP contribution in [0.1, 0.15) is 6.92 Å². The molecule has 1 N–H and O–H groups in total.